The molecule has 0 saturated heterocycles. The van der Waals surface area contributed by atoms with Crippen LogP contribution in [-0.4, -0.2) is 28.1 Å². The van der Waals surface area contributed by atoms with E-state index in [0.717, 1.165) is 17.7 Å². The van der Waals surface area contributed by atoms with Crippen molar-refractivity contribution in [1.82, 2.24) is 9.78 Å². The molecule has 6 heteroatoms. The third-order valence-corrected chi connectivity index (χ3v) is 4.86. The van der Waals surface area contributed by atoms with E-state index in [1.54, 1.807) is 30.5 Å². The number of nitrogens with zero attached hydrogens (tertiary/aromatic N) is 3. The standard InChI is InChI=1S/C22H20N4O2/c1-2-21(27)24-18-10-8-16(9-11-18)22(28)25-15-19(26-13-5-12-23-26)14-17-6-3-4-7-20(17)25/h2-13,19H,1,14-15H2,(H,24,27). The van der Waals surface area contributed by atoms with Crippen LogP contribution in [0.4, 0.5) is 11.4 Å². The molecule has 1 aliphatic rings. The highest BCUT2D eigenvalue weighted by Crippen LogP contribution is 2.32. The van der Waals surface area contributed by atoms with Gasteiger partial charge in [0, 0.05) is 35.9 Å². The lowest BCUT2D eigenvalue weighted by Gasteiger charge is -2.34. The molecule has 6 nitrogen and oxygen atoms in total. The Bertz CT molecular complexity index is 1010. The van der Waals surface area contributed by atoms with Gasteiger partial charge in [0.15, 0.2) is 0 Å². The van der Waals surface area contributed by atoms with Crippen molar-refractivity contribution in [3.05, 3.63) is 90.8 Å². The van der Waals surface area contributed by atoms with Crippen molar-refractivity contribution in [3.63, 3.8) is 0 Å². The first-order chi connectivity index (χ1) is 13.7. The molecule has 0 bridgehead atoms. The first-order valence-electron chi connectivity index (χ1n) is 9.08. The van der Waals surface area contributed by atoms with Crippen molar-refractivity contribution in [2.75, 3.05) is 16.8 Å². The van der Waals surface area contributed by atoms with Gasteiger partial charge >= 0.3 is 0 Å². The van der Waals surface area contributed by atoms with Crippen LogP contribution in [-0.2, 0) is 11.2 Å². The van der Waals surface area contributed by atoms with Crippen molar-refractivity contribution < 1.29 is 9.59 Å². The maximum absolute atomic E-state index is 13.3. The molecule has 1 unspecified atom stereocenters. The highest BCUT2D eigenvalue weighted by atomic mass is 16.2. The molecule has 0 radical (unpaired) electrons. The molecule has 1 aliphatic heterocycles. The molecule has 0 saturated carbocycles. The number of hydrogen-bond acceptors (Lipinski definition) is 3. The van der Waals surface area contributed by atoms with Gasteiger partial charge < -0.3 is 10.2 Å². The first-order valence-corrected chi connectivity index (χ1v) is 9.08. The maximum atomic E-state index is 13.3. The van der Waals surface area contributed by atoms with Crippen LogP contribution in [0.25, 0.3) is 0 Å². The number of carbonyl (C=O) groups is 2. The molecular weight excluding hydrogens is 352 g/mol. The van der Waals surface area contributed by atoms with Gasteiger partial charge in [0.1, 0.15) is 0 Å². The van der Waals surface area contributed by atoms with Crippen LogP contribution in [0, 0.1) is 0 Å². The van der Waals surface area contributed by atoms with Crippen molar-refractivity contribution in [3.8, 4) is 0 Å². The molecule has 2 heterocycles. The number of rotatable bonds is 4. The lowest BCUT2D eigenvalue weighted by Crippen LogP contribution is -2.41. The number of anilines is 2. The van der Waals surface area contributed by atoms with E-state index in [0.29, 0.717) is 17.8 Å². The fraction of sp³-hybridized carbons (Fsp3) is 0.136. The summed E-state index contributed by atoms with van der Waals surface area (Å²) in [7, 11) is 0. The minimum atomic E-state index is -0.286. The third-order valence-electron chi connectivity index (χ3n) is 4.86. The van der Waals surface area contributed by atoms with Crippen LogP contribution in [0.1, 0.15) is 22.0 Å². The average Bonchev–Trinajstić information content (AvgIpc) is 3.28. The Labute approximate surface area is 163 Å². The molecule has 0 spiro atoms. The van der Waals surface area contributed by atoms with Gasteiger partial charge in [-0.2, -0.15) is 5.10 Å². The van der Waals surface area contributed by atoms with Crippen molar-refractivity contribution >= 4 is 23.2 Å². The molecule has 28 heavy (non-hydrogen) atoms. The molecule has 1 N–H and O–H groups in total. The number of carbonyl (C=O) groups excluding carboxylic acids is 2. The third kappa shape index (κ3) is 3.44. The van der Waals surface area contributed by atoms with Gasteiger partial charge in [-0.25, -0.2) is 0 Å². The number of fused-ring (bicyclic) bond motifs is 1. The summed E-state index contributed by atoms with van der Waals surface area (Å²) >= 11 is 0. The zero-order valence-corrected chi connectivity index (χ0v) is 15.3. The van der Waals surface area contributed by atoms with E-state index in [1.807, 2.05) is 40.0 Å². The summed E-state index contributed by atoms with van der Waals surface area (Å²) in [4.78, 5) is 26.5. The molecule has 0 fully saturated rings. The van der Waals surface area contributed by atoms with Gasteiger partial charge in [-0.3, -0.25) is 14.3 Å². The van der Waals surface area contributed by atoms with Gasteiger partial charge in [0.2, 0.25) is 5.91 Å². The number of nitrogens with one attached hydrogen (secondary N) is 1. The summed E-state index contributed by atoms with van der Waals surface area (Å²) < 4.78 is 1.91. The van der Waals surface area contributed by atoms with Crippen molar-refractivity contribution in [2.24, 2.45) is 0 Å². The van der Waals surface area contributed by atoms with Gasteiger partial charge in [0.05, 0.1) is 6.04 Å². The van der Waals surface area contributed by atoms with E-state index < -0.39 is 0 Å². The molecule has 2 amide bonds. The highest BCUT2D eigenvalue weighted by molar-refractivity contribution is 6.07. The average molecular weight is 372 g/mol. The highest BCUT2D eigenvalue weighted by Gasteiger charge is 2.30. The largest absolute Gasteiger partial charge is 0.323 e. The van der Waals surface area contributed by atoms with E-state index >= 15 is 0 Å². The fourth-order valence-electron chi connectivity index (χ4n) is 3.49. The molecule has 4 rings (SSSR count). The first kappa shape index (κ1) is 17.7. The Kier molecular flexibility index (Phi) is 4.76. The lowest BCUT2D eigenvalue weighted by molar-refractivity contribution is -0.111. The van der Waals surface area contributed by atoms with Crippen LogP contribution >= 0.6 is 0 Å². The lowest BCUT2D eigenvalue weighted by atomic mass is 9.97. The summed E-state index contributed by atoms with van der Waals surface area (Å²) in [5.74, 6) is -0.364. The topological polar surface area (TPSA) is 67.2 Å². The summed E-state index contributed by atoms with van der Waals surface area (Å²) in [5.41, 5.74) is 3.24. The molecule has 3 aromatic rings. The Balaban J connectivity index is 1.62. The quantitative estimate of drug-likeness (QED) is 0.713. The Morgan fingerprint density at radius 2 is 1.89 bits per heavy atom. The summed E-state index contributed by atoms with van der Waals surface area (Å²) in [6.45, 7) is 3.98. The maximum Gasteiger partial charge on any atom is 0.258 e. The van der Waals surface area contributed by atoms with Crippen LogP contribution in [0.15, 0.2) is 79.6 Å². The van der Waals surface area contributed by atoms with E-state index in [4.69, 9.17) is 0 Å². The summed E-state index contributed by atoms with van der Waals surface area (Å²) in [6, 6.07) is 16.8. The Hall–Kier alpha value is -3.67. The van der Waals surface area contributed by atoms with E-state index in [1.165, 1.54) is 6.08 Å². The number of para-hydroxylation sites is 1. The summed E-state index contributed by atoms with van der Waals surface area (Å²) in [5, 5.41) is 7.04. The monoisotopic (exact) mass is 372 g/mol. The second-order valence-electron chi connectivity index (χ2n) is 6.66. The van der Waals surface area contributed by atoms with Crippen LogP contribution < -0.4 is 10.2 Å². The minimum absolute atomic E-state index is 0.0779. The van der Waals surface area contributed by atoms with Gasteiger partial charge in [-0.1, -0.05) is 24.8 Å². The molecule has 1 atom stereocenters. The van der Waals surface area contributed by atoms with Crippen LogP contribution in [0.5, 0.6) is 0 Å². The summed E-state index contributed by atoms with van der Waals surface area (Å²) in [6.07, 6.45) is 5.72. The predicted molar refractivity (Wildman–Crippen MR) is 108 cm³/mol. The smallest absolute Gasteiger partial charge is 0.258 e. The Morgan fingerprint density at radius 3 is 2.61 bits per heavy atom. The number of amides is 2. The number of aromatic nitrogens is 2. The SMILES string of the molecule is C=CC(=O)Nc1ccc(C(=O)N2CC(n3cccn3)Cc3ccccc32)cc1. The molecule has 1 aromatic heterocycles. The van der Waals surface area contributed by atoms with Gasteiger partial charge in [-0.05, 0) is 54.5 Å². The second kappa shape index (κ2) is 7.52. The van der Waals surface area contributed by atoms with Crippen molar-refractivity contribution in [2.45, 2.75) is 12.5 Å². The molecule has 140 valence electrons. The second-order valence-corrected chi connectivity index (χ2v) is 6.66. The van der Waals surface area contributed by atoms with E-state index in [9.17, 15) is 9.59 Å². The van der Waals surface area contributed by atoms with E-state index in [2.05, 4.69) is 23.1 Å². The zero-order valence-electron chi connectivity index (χ0n) is 15.3. The van der Waals surface area contributed by atoms with E-state index in [-0.39, 0.29) is 17.9 Å². The fourth-order valence-corrected chi connectivity index (χ4v) is 3.49. The van der Waals surface area contributed by atoms with Crippen LogP contribution in [0.2, 0.25) is 0 Å². The minimum Gasteiger partial charge on any atom is -0.323 e. The predicted octanol–water partition coefficient (Wildman–Crippen LogP) is 3.45. The van der Waals surface area contributed by atoms with Crippen LogP contribution in [0.3, 0.4) is 0 Å². The molecule has 2 aromatic carbocycles. The zero-order chi connectivity index (χ0) is 19.5. The normalized spacial score (nSPS) is 15.6. The number of benzene rings is 2. The number of hydrogen-bond donors (Lipinski definition) is 1. The Morgan fingerprint density at radius 1 is 1.11 bits per heavy atom. The molecular formula is C22H20N4O2. The molecule has 0 aliphatic carbocycles. The van der Waals surface area contributed by atoms with Gasteiger partial charge in [-0.15, -0.1) is 0 Å². The van der Waals surface area contributed by atoms with Gasteiger partial charge in [0.25, 0.3) is 5.91 Å². The van der Waals surface area contributed by atoms with Crippen molar-refractivity contribution in [1.29, 1.82) is 0 Å².